The number of allylic oxidation sites excluding steroid dienone is 2. The van der Waals surface area contributed by atoms with Crippen molar-refractivity contribution in [1.29, 1.82) is 0 Å². The fraction of sp³-hybridized carbons (Fsp3) is 0.471. The molecule has 1 aromatic heterocycles. The lowest BCUT2D eigenvalue weighted by atomic mass is 9.97. The van der Waals surface area contributed by atoms with Crippen molar-refractivity contribution in [3.63, 3.8) is 0 Å². The third-order valence-corrected chi connectivity index (χ3v) is 8.25. The second-order valence-electron chi connectivity index (χ2n) is 10.6. The molecule has 1 N–H and O–H groups in total. The predicted molar refractivity (Wildman–Crippen MR) is 170 cm³/mol. The number of benzene rings is 2. The number of nitrogens with zero attached hydrogens (tertiary/aromatic N) is 2. The summed E-state index contributed by atoms with van der Waals surface area (Å²) < 4.78 is 22.7. The number of anilines is 1. The van der Waals surface area contributed by atoms with Crippen LogP contribution in [0.15, 0.2) is 41.6 Å². The van der Waals surface area contributed by atoms with Gasteiger partial charge >= 0.3 is 0 Å². The summed E-state index contributed by atoms with van der Waals surface area (Å²) in [5, 5.41) is 1.12. The lowest BCUT2D eigenvalue weighted by Crippen LogP contribution is -2.35. The molecule has 0 radical (unpaired) electrons. The molecule has 1 aliphatic rings. The van der Waals surface area contributed by atoms with E-state index in [0.717, 1.165) is 89.9 Å². The normalized spacial score (nSPS) is 15.4. The van der Waals surface area contributed by atoms with Crippen LogP contribution in [0.2, 0.25) is 0 Å². The average Bonchev–Trinajstić information content (AvgIpc) is 3.46. The van der Waals surface area contributed by atoms with Gasteiger partial charge in [0.05, 0.1) is 34.0 Å². The minimum Gasteiger partial charge on any atom is -0.496 e. The van der Waals surface area contributed by atoms with E-state index in [0.29, 0.717) is 0 Å². The molecule has 0 amide bonds. The van der Waals surface area contributed by atoms with Crippen LogP contribution in [0.3, 0.4) is 0 Å². The molecule has 4 rings (SSSR count). The molecule has 0 bridgehead atoms. The number of fused-ring (bicyclic) bond motifs is 1. The minimum atomic E-state index is 0.735. The van der Waals surface area contributed by atoms with Crippen molar-refractivity contribution in [2.24, 2.45) is 0 Å². The van der Waals surface area contributed by atoms with Crippen LogP contribution in [0.5, 0.6) is 23.0 Å². The highest BCUT2D eigenvalue weighted by atomic mass is 16.5. The van der Waals surface area contributed by atoms with Crippen molar-refractivity contribution in [2.45, 2.75) is 53.4 Å². The minimum absolute atomic E-state index is 0.735. The quantitative estimate of drug-likeness (QED) is 0.275. The van der Waals surface area contributed by atoms with Gasteiger partial charge in [-0.05, 0) is 87.9 Å². The zero-order valence-corrected chi connectivity index (χ0v) is 26.1. The number of ether oxygens (including phenoxy) is 4. The van der Waals surface area contributed by atoms with Crippen LogP contribution in [-0.2, 0) is 6.42 Å². The summed E-state index contributed by atoms with van der Waals surface area (Å²) in [6.07, 6.45) is 8.95. The van der Waals surface area contributed by atoms with Crippen LogP contribution in [-0.4, -0.2) is 64.5 Å². The van der Waals surface area contributed by atoms with Crippen LogP contribution < -0.4 is 23.8 Å². The number of hydrogen-bond donors (Lipinski definition) is 1. The van der Waals surface area contributed by atoms with Crippen molar-refractivity contribution in [1.82, 2.24) is 9.88 Å². The van der Waals surface area contributed by atoms with E-state index in [2.05, 4.69) is 72.8 Å². The molecule has 41 heavy (non-hydrogen) atoms. The molecule has 1 fully saturated rings. The predicted octanol–water partition coefficient (Wildman–Crippen LogP) is 7.37. The van der Waals surface area contributed by atoms with Crippen molar-refractivity contribution >= 4 is 22.8 Å². The molecular weight excluding hydrogens is 514 g/mol. The van der Waals surface area contributed by atoms with Crippen LogP contribution in [0, 0.1) is 6.92 Å². The summed E-state index contributed by atoms with van der Waals surface area (Å²) in [4.78, 5) is 8.65. The third kappa shape index (κ3) is 6.29. The van der Waals surface area contributed by atoms with Gasteiger partial charge in [0.1, 0.15) is 17.3 Å². The van der Waals surface area contributed by atoms with Gasteiger partial charge in [-0.2, -0.15) is 0 Å². The standard InChI is InChI=1S/C34H47N3O4/c1-9-27-26(21-30(39-6)24(4)33(27)40-7)20-23(3)28(10-2)36-16-12-11-13-17-37(19-18-36)31-22-25-14-15-29(38-5)34(41-8)32(25)35-31/h10,14-15,20-22,35H,9,11-13,16-19H2,1-8H3/b23-20+,28-10+. The number of hydrogen-bond acceptors (Lipinski definition) is 6. The first kappa shape index (κ1) is 30.2. The van der Waals surface area contributed by atoms with E-state index in [1.165, 1.54) is 29.7 Å². The number of rotatable bonds is 9. The second-order valence-corrected chi connectivity index (χ2v) is 10.6. The number of H-pyrrole nitrogens is 1. The van der Waals surface area contributed by atoms with Gasteiger partial charge in [0.2, 0.25) is 0 Å². The fourth-order valence-corrected chi connectivity index (χ4v) is 6.16. The first-order chi connectivity index (χ1) is 19.9. The summed E-state index contributed by atoms with van der Waals surface area (Å²) in [6, 6.07) is 8.43. The van der Waals surface area contributed by atoms with Gasteiger partial charge in [-0.3, -0.25) is 0 Å². The Balaban J connectivity index is 1.62. The molecule has 7 nitrogen and oxygen atoms in total. The van der Waals surface area contributed by atoms with Gasteiger partial charge in [-0.25, -0.2) is 0 Å². The molecule has 222 valence electrons. The Morgan fingerprint density at radius 3 is 2.27 bits per heavy atom. The fourth-order valence-electron chi connectivity index (χ4n) is 6.16. The van der Waals surface area contributed by atoms with E-state index in [1.807, 2.05) is 6.07 Å². The van der Waals surface area contributed by atoms with Gasteiger partial charge in [0, 0.05) is 48.4 Å². The van der Waals surface area contributed by atoms with Gasteiger partial charge in [-0.15, -0.1) is 0 Å². The summed E-state index contributed by atoms with van der Waals surface area (Å²) in [5.74, 6) is 4.37. The zero-order valence-electron chi connectivity index (χ0n) is 26.1. The van der Waals surface area contributed by atoms with Crippen LogP contribution in [0.25, 0.3) is 17.0 Å². The van der Waals surface area contributed by atoms with Crippen LogP contribution >= 0.6 is 0 Å². The SMILES string of the molecule is C/C=C(\C(C)=C\c1cc(OC)c(C)c(OC)c1CC)N1CCCCCN(c2cc3ccc(OC)c(OC)c3[nH]2)CC1. The third-order valence-electron chi connectivity index (χ3n) is 8.25. The molecular formula is C34H47N3O4. The van der Waals surface area contributed by atoms with Crippen LogP contribution in [0.4, 0.5) is 5.82 Å². The summed E-state index contributed by atoms with van der Waals surface area (Å²) in [5.41, 5.74) is 6.89. The van der Waals surface area contributed by atoms with E-state index in [-0.39, 0.29) is 0 Å². The molecule has 7 heteroatoms. The molecule has 0 saturated carbocycles. The van der Waals surface area contributed by atoms with E-state index in [1.54, 1.807) is 28.4 Å². The summed E-state index contributed by atoms with van der Waals surface area (Å²) in [7, 11) is 6.83. The largest absolute Gasteiger partial charge is 0.496 e. The van der Waals surface area contributed by atoms with E-state index in [9.17, 15) is 0 Å². The maximum Gasteiger partial charge on any atom is 0.184 e. The highest BCUT2D eigenvalue weighted by Crippen LogP contribution is 2.38. The monoisotopic (exact) mass is 561 g/mol. The molecule has 0 atom stereocenters. The topological polar surface area (TPSA) is 59.2 Å². The first-order valence-corrected chi connectivity index (χ1v) is 14.7. The van der Waals surface area contributed by atoms with E-state index < -0.39 is 0 Å². The molecule has 3 aromatic rings. The van der Waals surface area contributed by atoms with E-state index >= 15 is 0 Å². The highest BCUT2D eigenvalue weighted by molar-refractivity contribution is 5.91. The zero-order chi connectivity index (χ0) is 29.5. The van der Waals surface area contributed by atoms with Crippen molar-refractivity contribution in [2.75, 3.05) is 59.5 Å². The Morgan fingerprint density at radius 2 is 1.61 bits per heavy atom. The van der Waals surface area contributed by atoms with Crippen LogP contribution in [0.1, 0.15) is 56.7 Å². The van der Waals surface area contributed by atoms with Gasteiger partial charge in [0.25, 0.3) is 0 Å². The lowest BCUT2D eigenvalue weighted by Gasteiger charge is -2.30. The van der Waals surface area contributed by atoms with E-state index in [4.69, 9.17) is 18.9 Å². The molecule has 0 spiro atoms. The number of aromatic amines is 1. The molecule has 0 aliphatic carbocycles. The Kier molecular flexibility index (Phi) is 10.1. The number of aromatic nitrogens is 1. The van der Waals surface area contributed by atoms with Gasteiger partial charge in [0.15, 0.2) is 11.5 Å². The summed E-state index contributed by atoms with van der Waals surface area (Å²) >= 11 is 0. The number of methoxy groups -OCH3 is 4. The maximum absolute atomic E-state index is 5.82. The molecule has 2 aromatic carbocycles. The Bertz CT molecular complexity index is 1400. The van der Waals surface area contributed by atoms with Crippen molar-refractivity contribution < 1.29 is 18.9 Å². The smallest absolute Gasteiger partial charge is 0.184 e. The maximum atomic E-state index is 5.82. The molecule has 2 heterocycles. The van der Waals surface area contributed by atoms with Gasteiger partial charge in [-0.1, -0.05) is 13.0 Å². The first-order valence-electron chi connectivity index (χ1n) is 14.7. The van der Waals surface area contributed by atoms with Crippen molar-refractivity contribution in [3.05, 3.63) is 58.3 Å². The summed E-state index contributed by atoms with van der Waals surface area (Å²) in [6.45, 7) is 12.5. The highest BCUT2D eigenvalue weighted by Gasteiger charge is 2.20. The molecule has 1 saturated heterocycles. The Hall–Kier alpha value is -3.74. The second kappa shape index (κ2) is 13.7. The molecule has 0 unspecified atom stereocenters. The lowest BCUT2D eigenvalue weighted by molar-refractivity contribution is 0.353. The Morgan fingerprint density at radius 1 is 0.878 bits per heavy atom. The Labute approximate surface area is 245 Å². The van der Waals surface area contributed by atoms with Crippen molar-refractivity contribution in [3.8, 4) is 23.0 Å². The average molecular weight is 562 g/mol. The molecule has 1 aliphatic heterocycles. The number of nitrogens with one attached hydrogen (secondary N) is 1. The van der Waals surface area contributed by atoms with Gasteiger partial charge < -0.3 is 33.7 Å².